The fourth-order valence-electron chi connectivity index (χ4n) is 3.15. The van der Waals surface area contributed by atoms with Crippen molar-refractivity contribution in [1.29, 1.82) is 0 Å². The van der Waals surface area contributed by atoms with Crippen LogP contribution in [0.3, 0.4) is 0 Å². The van der Waals surface area contributed by atoms with Crippen molar-refractivity contribution in [2.75, 3.05) is 19.8 Å². The van der Waals surface area contributed by atoms with Crippen molar-refractivity contribution >= 4 is 11.9 Å². The van der Waals surface area contributed by atoms with Gasteiger partial charge in [-0.15, -0.1) is 0 Å². The van der Waals surface area contributed by atoms with E-state index in [0.29, 0.717) is 25.4 Å². The topological polar surface area (TPSA) is 44.8 Å². The van der Waals surface area contributed by atoms with Crippen LogP contribution >= 0.6 is 0 Å². The van der Waals surface area contributed by atoms with Gasteiger partial charge in [0.1, 0.15) is 5.75 Å². The lowest BCUT2D eigenvalue weighted by molar-refractivity contribution is 0.104. The van der Waals surface area contributed by atoms with Crippen LogP contribution in [0.4, 0.5) is 0 Å². The summed E-state index contributed by atoms with van der Waals surface area (Å²) in [6.07, 6.45) is 6.25. The molecule has 0 aromatic heterocycles. The molecule has 0 amide bonds. The number of hydrogen-bond acceptors (Lipinski definition) is 4. The molecule has 32 heavy (non-hydrogen) atoms. The van der Waals surface area contributed by atoms with Crippen molar-refractivity contribution in [3.8, 4) is 17.2 Å². The Morgan fingerprint density at radius 3 is 2.03 bits per heavy atom. The van der Waals surface area contributed by atoms with Gasteiger partial charge in [0, 0.05) is 11.1 Å². The Balaban J connectivity index is 2.32. The van der Waals surface area contributed by atoms with Gasteiger partial charge >= 0.3 is 0 Å². The molecule has 0 fully saturated rings. The fourth-order valence-corrected chi connectivity index (χ4v) is 3.15. The van der Waals surface area contributed by atoms with Gasteiger partial charge in [0.2, 0.25) is 0 Å². The summed E-state index contributed by atoms with van der Waals surface area (Å²) in [5.74, 6) is 2.27. The lowest BCUT2D eigenvalue weighted by Gasteiger charge is -2.25. The molecule has 4 nitrogen and oxygen atoms in total. The maximum Gasteiger partial charge on any atom is 0.185 e. The average molecular weight is 439 g/mol. The SMILES string of the molecule is CCCOc1ccc(C(=O)/C=C/c2cc(OCCC)c(OCCC)c(C(C)(C)C)c2)cc1. The molecule has 0 aliphatic heterocycles. The highest BCUT2D eigenvalue weighted by Gasteiger charge is 2.23. The molecule has 0 unspecified atom stereocenters. The Morgan fingerprint density at radius 1 is 0.844 bits per heavy atom. The second kappa shape index (κ2) is 12.3. The molecule has 2 aromatic carbocycles. The summed E-state index contributed by atoms with van der Waals surface area (Å²) in [6.45, 7) is 14.6. The molecule has 2 rings (SSSR count). The van der Waals surface area contributed by atoms with Crippen LogP contribution in [0.2, 0.25) is 0 Å². The summed E-state index contributed by atoms with van der Waals surface area (Å²) in [7, 11) is 0. The van der Waals surface area contributed by atoms with Crippen LogP contribution < -0.4 is 14.2 Å². The average Bonchev–Trinajstić information content (AvgIpc) is 2.78. The second-order valence-corrected chi connectivity index (χ2v) is 8.91. The Kier molecular flexibility index (Phi) is 9.83. The number of benzene rings is 2. The second-order valence-electron chi connectivity index (χ2n) is 8.91. The zero-order valence-electron chi connectivity index (χ0n) is 20.5. The first kappa shape index (κ1) is 25.5. The predicted octanol–water partition coefficient (Wildman–Crippen LogP) is 7.25. The van der Waals surface area contributed by atoms with Crippen LogP contribution in [0.1, 0.15) is 82.3 Å². The van der Waals surface area contributed by atoms with Gasteiger partial charge in [-0.2, -0.15) is 0 Å². The van der Waals surface area contributed by atoms with E-state index in [2.05, 4.69) is 47.6 Å². The smallest absolute Gasteiger partial charge is 0.185 e. The molecule has 0 aliphatic rings. The summed E-state index contributed by atoms with van der Waals surface area (Å²) in [5.41, 5.74) is 2.49. The van der Waals surface area contributed by atoms with E-state index in [1.165, 1.54) is 0 Å². The maximum atomic E-state index is 12.7. The van der Waals surface area contributed by atoms with Crippen molar-refractivity contribution in [3.05, 3.63) is 59.2 Å². The standard InChI is InChI=1S/C28H38O4/c1-7-16-30-23-13-11-22(12-14-23)25(29)15-10-21-19-24(28(4,5)6)27(32-18-9-3)26(20-21)31-17-8-2/h10-15,19-20H,7-9,16-18H2,1-6H3/b15-10+. The Morgan fingerprint density at radius 2 is 1.44 bits per heavy atom. The highest BCUT2D eigenvalue weighted by Crippen LogP contribution is 2.40. The van der Waals surface area contributed by atoms with E-state index in [1.54, 1.807) is 18.2 Å². The van der Waals surface area contributed by atoms with Crippen LogP contribution in [0.25, 0.3) is 6.08 Å². The molecule has 0 radical (unpaired) electrons. The lowest BCUT2D eigenvalue weighted by Crippen LogP contribution is -2.15. The zero-order chi connectivity index (χ0) is 23.6. The summed E-state index contributed by atoms with van der Waals surface area (Å²) >= 11 is 0. The van der Waals surface area contributed by atoms with Crippen molar-refractivity contribution in [1.82, 2.24) is 0 Å². The van der Waals surface area contributed by atoms with Gasteiger partial charge in [0.15, 0.2) is 17.3 Å². The van der Waals surface area contributed by atoms with Crippen LogP contribution in [-0.2, 0) is 5.41 Å². The van der Waals surface area contributed by atoms with E-state index in [1.807, 2.05) is 24.3 Å². The highest BCUT2D eigenvalue weighted by atomic mass is 16.5. The van der Waals surface area contributed by atoms with Crippen LogP contribution in [0.15, 0.2) is 42.5 Å². The number of rotatable bonds is 12. The molecule has 0 bridgehead atoms. The fraction of sp³-hybridized carbons (Fsp3) is 0.464. The van der Waals surface area contributed by atoms with E-state index in [0.717, 1.165) is 47.6 Å². The van der Waals surface area contributed by atoms with Gasteiger partial charge in [-0.25, -0.2) is 0 Å². The Labute approximate surface area is 193 Å². The van der Waals surface area contributed by atoms with E-state index in [-0.39, 0.29) is 11.2 Å². The molecular weight excluding hydrogens is 400 g/mol. The number of carbonyl (C=O) groups is 1. The van der Waals surface area contributed by atoms with Crippen molar-refractivity contribution in [2.24, 2.45) is 0 Å². The number of hydrogen-bond donors (Lipinski definition) is 0. The van der Waals surface area contributed by atoms with Crippen molar-refractivity contribution in [3.63, 3.8) is 0 Å². The summed E-state index contributed by atoms with van der Waals surface area (Å²) in [5, 5.41) is 0. The Hall–Kier alpha value is -2.75. The predicted molar refractivity (Wildman–Crippen MR) is 132 cm³/mol. The van der Waals surface area contributed by atoms with E-state index >= 15 is 0 Å². The molecule has 0 aliphatic carbocycles. The third kappa shape index (κ3) is 7.44. The first-order chi connectivity index (χ1) is 15.3. The number of ether oxygens (including phenoxy) is 3. The van der Waals surface area contributed by atoms with Gasteiger partial charge in [0.05, 0.1) is 19.8 Å². The normalized spacial score (nSPS) is 11.6. The van der Waals surface area contributed by atoms with E-state index in [9.17, 15) is 4.79 Å². The Bertz CT molecular complexity index is 889. The van der Waals surface area contributed by atoms with E-state index < -0.39 is 0 Å². The minimum Gasteiger partial charge on any atom is -0.494 e. The molecule has 2 aromatic rings. The van der Waals surface area contributed by atoms with Crippen molar-refractivity contribution < 1.29 is 19.0 Å². The molecule has 0 heterocycles. The summed E-state index contributed by atoms with van der Waals surface area (Å²) < 4.78 is 17.7. The quantitative estimate of drug-likeness (QED) is 0.259. The molecular formula is C28H38O4. The van der Waals surface area contributed by atoms with Gasteiger partial charge in [-0.05, 0) is 72.7 Å². The van der Waals surface area contributed by atoms with Gasteiger partial charge in [-0.1, -0.05) is 47.6 Å². The number of allylic oxidation sites excluding steroid dienone is 1. The molecule has 0 saturated carbocycles. The molecule has 0 N–H and O–H groups in total. The zero-order valence-corrected chi connectivity index (χ0v) is 20.5. The van der Waals surface area contributed by atoms with E-state index in [4.69, 9.17) is 14.2 Å². The molecule has 0 atom stereocenters. The lowest BCUT2D eigenvalue weighted by atomic mass is 9.85. The monoisotopic (exact) mass is 438 g/mol. The third-order valence-electron chi connectivity index (χ3n) is 4.84. The first-order valence-electron chi connectivity index (χ1n) is 11.7. The summed E-state index contributed by atoms with van der Waals surface area (Å²) in [4.78, 5) is 12.7. The van der Waals surface area contributed by atoms with Gasteiger partial charge < -0.3 is 14.2 Å². The number of carbonyl (C=O) groups excluding carboxylic acids is 1. The van der Waals surface area contributed by atoms with Crippen LogP contribution in [-0.4, -0.2) is 25.6 Å². The minimum atomic E-state index is -0.129. The minimum absolute atomic E-state index is 0.0494. The van der Waals surface area contributed by atoms with Crippen LogP contribution in [0, 0.1) is 0 Å². The first-order valence-corrected chi connectivity index (χ1v) is 11.7. The van der Waals surface area contributed by atoms with Crippen molar-refractivity contribution in [2.45, 2.75) is 66.2 Å². The largest absolute Gasteiger partial charge is 0.494 e. The third-order valence-corrected chi connectivity index (χ3v) is 4.84. The molecule has 174 valence electrons. The van der Waals surface area contributed by atoms with Crippen LogP contribution in [0.5, 0.6) is 17.2 Å². The highest BCUT2D eigenvalue weighted by molar-refractivity contribution is 6.06. The summed E-state index contributed by atoms with van der Waals surface area (Å²) in [6, 6.07) is 11.3. The van der Waals surface area contributed by atoms with Gasteiger partial charge in [-0.3, -0.25) is 4.79 Å². The van der Waals surface area contributed by atoms with Gasteiger partial charge in [0.25, 0.3) is 0 Å². The molecule has 4 heteroatoms. The maximum absolute atomic E-state index is 12.7. The molecule has 0 spiro atoms. The molecule has 0 saturated heterocycles. The number of ketones is 1.